The minimum Gasteiger partial charge on any atom is -0.496 e. The number of hydrogen-bond acceptors (Lipinski definition) is 5. The van der Waals surface area contributed by atoms with Gasteiger partial charge in [0.25, 0.3) is 0 Å². The van der Waals surface area contributed by atoms with Crippen LogP contribution in [0.1, 0.15) is 21.9 Å². The van der Waals surface area contributed by atoms with Gasteiger partial charge in [0, 0.05) is 16.2 Å². The van der Waals surface area contributed by atoms with Crippen LogP contribution < -0.4 is 16.0 Å². The number of hydrogen-bond donors (Lipinski definition) is 2. The molecule has 1 aromatic heterocycles. The third kappa shape index (κ3) is 3.15. The number of carbonyl (C=O) groups excluding carboxylic acids is 1. The number of benzene rings is 1. The largest absolute Gasteiger partial charge is 0.496 e. The van der Waals surface area contributed by atoms with E-state index in [0.717, 1.165) is 16.2 Å². The second-order valence-corrected chi connectivity index (χ2v) is 5.12. The Balaban J connectivity index is 2.11. The van der Waals surface area contributed by atoms with Gasteiger partial charge in [0.15, 0.2) is 5.76 Å². The van der Waals surface area contributed by atoms with Crippen molar-refractivity contribution in [3.8, 4) is 5.75 Å². The predicted molar refractivity (Wildman–Crippen MR) is 77.7 cm³/mol. The summed E-state index contributed by atoms with van der Waals surface area (Å²) in [4.78, 5) is 12.4. The molecule has 0 bridgehead atoms. The summed E-state index contributed by atoms with van der Waals surface area (Å²) in [6.07, 6.45) is 0. The third-order valence-electron chi connectivity index (χ3n) is 2.83. The van der Waals surface area contributed by atoms with Crippen LogP contribution in [0.15, 0.2) is 39.6 Å². The van der Waals surface area contributed by atoms with Gasteiger partial charge in [0.05, 0.1) is 7.11 Å². The fraction of sp³-hybridized carbons (Fsp3) is 0.214. The van der Waals surface area contributed by atoms with Crippen LogP contribution in [0.5, 0.6) is 5.75 Å². The van der Waals surface area contributed by atoms with Gasteiger partial charge in [-0.2, -0.15) is 0 Å². The number of aryl methyl sites for hydroxylation is 1. The molecule has 0 aliphatic carbocycles. The molecule has 106 valence electrons. The van der Waals surface area contributed by atoms with E-state index in [2.05, 4.69) is 5.43 Å². The molecule has 0 aliphatic heterocycles. The van der Waals surface area contributed by atoms with Crippen molar-refractivity contribution in [1.82, 2.24) is 5.43 Å². The van der Waals surface area contributed by atoms with E-state index in [1.807, 2.05) is 31.2 Å². The smallest absolute Gasteiger partial charge is 0.300 e. The number of nitrogens with one attached hydrogen (secondary N) is 1. The Kier molecular flexibility index (Phi) is 4.70. The average molecular weight is 292 g/mol. The number of thioether (sulfide) groups is 1. The lowest BCUT2D eigenvalue weighted by atomic mass is 10.3. The summed E-state index contributed by atoms with van der Waals surface area (Å²) in [5.74, 6) is 7.11. The highest BCUT2D eigenvalue weighted by Crippen LogP contribution is 2.32. The first-order valence-corrected chi connectivity index (χ1v) is 7.00. The highest BCUT2D eigenvalue weighted by Gasteiger charge is 2.14. The van der Waals surface area contributed by atoms with Crippen LogP contribution in [0.25, 0.3) is 0 Å². The Morgan fingerprint density at radius 2 is 2.20 bits per heavy atom. The molecular weight excluding hydrogens is 276 g/mol. The number of amides is 1. The van der Waals surface area contributed by atoms with Crippen molar-refractivity contribution in [3.05, 3.63) is 47.4 Å². The van der Waals surface area contributed by atoms with Crippen molar-refractivity contribution in [2.24, 2.45) is 5.84 Å². The minimum atomic E-state index is -0.429. The molecule has 3 N–H and O–H groups in total. The highest BCUT2D eigenvalue weighted by molar-refractivity contribution is 7.98. The molecular formula is C14H16N2O3S. The van der Waals surface area contributed by atoms with Gasteiger partial charge >= 0.3 is 5.91 Å². The Morgan fingerprint density at radius 1 is 1.45 bits per heavy atom. The van der Waals surface area contributed by atoms with Crippen molar-refractivity contribution in [2.45, 2.75) is 17.6 Å². The fourth-order valence-corrected chi connectivity index (χ4v) is 2.81. The van der Waals surface area contributed by atoms with E-state index in [-0.39, 0.29) is 5.76 Å². The normalized spacial score (nSPS) is 10.3. The average Bonchev–Trinajstić information content (AvgIpc) is 2.85. The first-order valence-electron chi connectivity index (χ1n) is 6.01. The van der Waals surface area contributed by atoms with E-state index < -0.39 is 5.91 Å². The van der Waals surface area contributed by atoms with E-state index in [1.165, 1.54) is 0 Å². The number of nitrogens with two attached hydrogens (primary N) is 1. The van der Waals surface area contributed by atoms with Gasteiger partial charge in [0.2, 0.25) is 0 Å². The van der Waals surface area contributed by atoms with Crippen molar-refractivity contribution in [1.29, 1.82) is 0 Å². The van der Waals surface area contributed by atoms with Gasteiger partial charge in [0.1, 0.15) is 11.5 Å². The number of furan rings is 1. The fourth-order valence-electron chi connectivity index (χ4n) is 1.74. The number of carbonyl (C=O) groups is 1. The predicted octanol–water partition coefficient (Wildman–Crippen LogP) is 2.49. The van der Waals surface area contributed by atoms with E-state index >= 15 is 0 Å². The summed E-state index contributed by atoms with van der Waals surface area (Å²) in [6.45, 7) is 1.82. The van der Waals surface area contributed by atoms with Crippen LogP contribution in [-0.2, 0) is 5.75 Å². The second-order valence-electron chi connectivity index (χ2n) is 4.11. The Hall–Kier alpha value is -1.92. The molecule has 0 radical (unpaired) electrons. The van der Waals surface area contributed by atoms with Crippen molar-refractivity contribution < 1.29 is 13.9 Å². The lowest BCUT2D eigenvalue weighted by Crippen LogP contribution is -2.29. The van der Waals surface area contributed by atoms with Crippen LogP contribution >= 0.6 is 11.8 Å². The molecule has 20 heavy (non-hydrogen) atoms. The van der Waals surface area contributed by atoms with Crippen LogP contribution in [-0.4, -0.2) is 13.0 Å². The second kappa shape index (κ2) is 6.49. The molecule has 0 atom stereocenters. The molecule has 0 aliphatic rings. The Morgan fingerprint density at radius 3 is 2.90 bits per heavy atom. The van der Waals surface area contributed by atoms with E-state index in [4.69, 9.17) is 15.0 Å². The molecule has 0 saturated carbocycles. The first-order chi connectivity index (χ1) is 9.65. The van der Waals surface area contributed by atoms with Gasteiger partial charge in [-0.05, 0) is 25.1 Å². The van der Waals surface area contributed by atoms with Crippen LogP contribution in [0.2, 0.25) is 0 Å². The zero-order valence-electron chi connectivity index (χ0n) is 11.3. The van der Waals surface area contributed by atoms with E-state index in [0.29, 0.717) is 11.5 Å². The zero-order chi connectivity index (χ0) is 14.5. The molecule has 0 saturated heterocycles. The van der Waals surface area contributed by atoms with Crippen LogP contribution in [0.4, 0.5) is 0 Å². The summed E-state index contributed by atoms with van der Waals surface area (Å²) in [5, 5.41) is 0. The lowest BCUT2D eigenvalue weighted by Gasteiger charge is -2.06. The number of para-hydroxylation sites is 1. The molecule has 0 unspecified atom stereocenters. The maximum absolute atomic E-state index is 11.4. The van der Waals surface area contributed by atoms with Gasteiger partial charge in [-0.15, -0.1) is 11.8 Å². The lowest BCUT2D eigenvalue weighted by molar-refractivity contribution is 0.0924. The highest BCUT2D eigenvalue weighted by atomic mass is 32.2. The molecule has 1 aromatic carbocycles. The topological polar surface area (TPSA) is 77.5 Å². The maximum atomic E-state index is 11.4. The molecule has 2 aromatic rings. The number of nitrogen functional groups attached to an aromatic ring is 1. The SMILES string of the molecule is COc1ccccc1SCc1cc(C(=O)NN)oc1C. The van der Waals surface area contributed by atoms with Gasteiger partial charge in [-0.25, -0.2) is 5.84 Å². The van der Waals surface area contributed by atoms with E-state index in [1.54, 1.807) is 24.9 Å². The molecule has 5 nitrogen and oxygen atoms in total. The Bertz CT molecular complexity index is 610. The van der Waals surface area contributed by atoms with Gasteiger partial charge < -0.3 is 9.15 Å². The van der Waals surface area contributed by atoms with Crippen molar-refractivity contribution >= 4 is 17.7 Å². The molecule has 1 amide bonds. The molecule has 0 spiro atoms. The summed E-state index contributed by atoms with van der Waals surface area (Å²) in [6, 6.07) is 9.50. The van der Waals surface area contributed by atoms with Crippen molar-refractivity contribution in [2.75, 3.05) is 7.11 Å². The maximum Gasteiger partial charge on any atom is 0.300 e. The standard InChI is InChI=1S/C14H16N2O3S/c1-9-10(7-12(19-9)14(17)16-15)8-20-13-6-4-3-5-11(13)18-2/h3-7H,8,15H2,1-2H3,(H,16,17). The van der Waals surface area contributed by atoms with Crippen LogP contribution in [0.3, 0.4) is 0 Å². The number of ether oxygens (including phenoxy) is 1. The number of methoxy groups -OCH3 is 1. The number of rotatable bonds is 5. The van der Waals surface area contributed by atoms with Crippen LogP contribution in [0, 0.1) is 6.92 Å². The molecule has 1 heterocycles. The van der Waals surface area contributed by atoms with E-state index in [9.17, 15) is 4.79 Å². The molecule has 2 rings (SSSR count). The summed E-state index contributed by atoms with van der Waals surface area (Å²) in [7, 11) is 1.65. The minimum absolute atomic E-state index is 0.223. The molecule has 6 heteroatoms. The number of hydrazine groups is 1. The quantitative estimate of drug-likeness (QED) is 0.383. The van der Waals surface area contributed by atoms with Gasteiger partial charge in [-0.1, -0.05) is 12.1 Å². The summed E-state index contributed by atoms with van der Waals surface area (Å²) in [5.41, 5.74) is 3.01. The summed E-state index contributed by atoms with van der Waals surface area (Å²) < 4.78 is 10.7. The van der Waals surface area contributed by atoms with Gasteiger partial charge in [-0.3, -0.25) is 10.2 Å². The summed E-state index contributed by atoms with van der Waals surface area (Å²) >= 11 is 1.62. The van der Waals surface area contributed by atoms with Crippen molar-refractivity contribution in [3.63, 3.8) is 0 Å². The third-order valence-corrected chi connectivity index (χ3v) is 3.93. The zero-order valence-corrected chi connectivity index (χ0v) is 12.1. The Labute approximate surface area is 121 Å². The monoisotopic (exact) mass is 292 g/mol. The first kappa shape index (κ1) is 14.5. The molecule has 0 fully saturated rings.